The van der Waals surface area contributed by atoms with Crippen molar-refractivity contribution < 1.29 is 0 Å². The van der Waals surface area contributed by atoms with Crippen LogP contribution in [0, 0.1) is 0 Å². The second-order valence-corrected chi connectivity index (χ2v) is 4.15. The number of halogens is 1. The van der Waals surface area contributed by atoms with E-state index in [0.717, 1.165) is 10.9 Å². The summed E-state index contributed by atoms with van der Waals surface area (Å²) in [5, 5.41) is 5.79. The van der Waals surface area contributed by atoms with E-state index >= 15 is 0 Å². The van der Waals surface area contributed by atoms with Crippen LogP contribution in [0.25, 0.3) is 10.9 Å². The van der Waals surface area contributed by atoms with Crippen molar-refractivity contribution >= 4 is 22.5 Å². The van der Waals surface area contributed by atoms with Crippen LogP contribution >= 0.6 is 11.6 Å². The fraction of sp³-hybridized carbons (Fsp3) is 0.364. The number of hydrogen-bond donors (Lipinski definition) is 1. The van der Waals surface area contributed by atoms with E-state index < -0.39 is 0 Å². The van der Waals surface area contributed by atoms with Crippen LogP contribution in [0.3, 0.4) is 0 Å². The standard InChI is InChI=1S/C11H14ClN3/c1-7(6-13)8-4-3-5-9-10(8)11(12)14-15(9)2/h3-5,7H,6,13H2,1-2H3. The Hall–Kier alpha value is -1.06. The van der Waals surface area contributed by atoms with E-state index in [1.165, 1.54) is 5.56 Å². The SMILES string of the molecule is CC(CN)c1cccc2c1c(Cl)nn2C. The monoisotopic (exact) mass is 223 g/mol. The average Bonchev–Trinajstić information content (AvgIpc) is 2.54. The summed E-state index contributed by atoms with van der Waals surface area (Å²) in [5.74, 6) is 0.301. The van der Waals surface area contributed by atoms with Crippen LogP contribution in [0.4, 0.5) is 0 Å². The van der Waals surface area contributed by atoms with E-state index in [9.17, 15) is 0 Å². The average molecular weight is 224 g/mol. The van der Waals surface area contributed by atoms with Gasteiger partial charge in [0.2, 0.25) is 0 Å². The van der Waals surface area contributed by atoms with Crippen LogP contribution in [0.2, 0.25) is 5.15 Å². The van der Waals surface area contributed by atoms with Gasteiger partial charge in [0.1, 0.15) is 0 Å². The zero-order valence-electron chi connectivity index (χ0n) is 8.87. The van der Waals surface area contributed by atoms with Crippen LogP contribution in [0.5, 0.6) is 0 Å². The third-order valence-electron chi connectivity index (χ3n) is 2.75. The molecule has 0 aliphatic carbocycles. The van der Waals surface area contributed by atoms with E-state index in [-0.39, 0.29) is 0 Å². The Morgan fingerprint density at radius 1 is 1.53 bits per heavy atom. The van der Waals surface area contributed by atoms with Crippen molar-refractivity contribution in [3.63, 3.8) is 0 Å². The third-order valence-corrected chi connectivity index (χ3v) is 3.02. The zero-order valence-corrected chi connectivity index (χ0v) is 9.62. The summed E-state index contributed by atoms with van der Waals surface area (Å²) in [4.78, 5) is 0. The van der Waals surface area contributed by atoms with Gasteiger partial charge < -0.3 is 5.73 Å². The van der Waals surface area contributed by atoms with Crippen LogP contribution < -0.4 is 5.73 Å². The Bertz CT molecular complexity index is 490. The molecule has 0 aliphatic heterocycles. The maximum atomic E-state index is 6.11. The molecule has 3 nitrogen and oxygen atoms in total. The van der Waals surface area contributed by atoms with E-state index in [0.29, 0.717) is 17.6 Å². The molecule has 0 amide bonds. The van der Waals surface area contributed by atoms with Gasteiger partial charge in [-0.1, -0.05) is 30.7 Å². The Kier molecular flexibility index (Phi) is 2.67. The molecule has 1 heterocycles. The van der Waals surface area contributed by atoms with Gasteiger partial charge in [0.05, 0.1) is 5.52 Å². The minimum atomic E-state index is 0.301. The van der Waals surface area contributed by atoms with Crippen LogP contribution in [-0.2, 0) is 7.05 Å². The summed E-state index contributed by atoms with van der Waals surface area (Å²) in [5.41, 5.74) is 7.91. The van der Waals surface area contributed by atoms with Crippen molar-refractivity contribution in [1.29, 1.82) is 0 Å². The Morgan fingerprint density at radius 3 is 2.93 bits per heavy atom. The lowest BCUT2D eigenvalue weighted by molar-refractivity contribution is 0.780. The molecule has 4 heteroatoms. The second-order valence-electron chi connectivity index (χ2n) is 3.79. The molecule has 2 N–H and O–H groups in total. The first-order valence-corrected chi connectivity index (χ1v) is 5.34. The third kappa shape index (κ3) is 1.62. The van der Waals surface area contributed by atoms with Crippen molar-refractivity contribution in [2.45, 2.75) is 12.8 Å². The highest BCUT2D eigenvalue weighted by molar-refractivity contribution is 6.34. The maximum Gasteiger partial charge on any atom is 0.159 e. The number of hydrogen-bond acceptors (Lipinski definition) is 2. The predicted molar refractivity (Wildman–Crippen MR) is 63.2 cm³/mol. The fourth-order valence-electron chi connectivity index (χ4n) is 1.83. The molecule has 0 fully saturated rings. The number of nitrogens with zero attached hydrogens (tertiary/aromatic N) is 2. The summed E-state index contributed by atoms with van der Waals surface area (Å²) < 4.78 is 1.80. The maximum absolute atomic E-state index is 6.11. The molecule has 1 aromatic carbocycles. The van der Waals surface area contributed by atoms with Crippen molar-refractivity contribution in [1.82, 2.24) is 9.78 Å². The van der Waals surface area contributed by atoms with E-state index in [1.807, 2.05) is 19.2 Å². The van der Waals surface area contributed by atoms with Gasteiger partial charge in [0, 0.05) is 12.4 Å². The minimum absolute atomic E-state index is 0.301. The highest BCUT2D eigenvalue weighted by Crippen LogP contribution is 2.30. The Balaban J connectivity index is 2.75. The number of nitrogens with two attached hydrogens (primary N) is 1. The van der Waals surface area contributed by atoms with Crippen molar-refractivity contribution in [2.75, 3.05) is 6.54 Å². The van der Waals surface area contributed by atoms with E-state index in [2.05, 4.69) is 18.1 Å². The van der Waals surface area contributed by atoms with Gasteiger partial charge in [-0.05, 0) is 24.1 Å². The van der Waals surface area contributed by atoms with Gasteiger partial charge >= 0.3 is 0 Å². The Morgan fingerprint density at radius 2 is 2.27 bits per heavy atom. The molecule has 2 aromatic rings. The lowest BCUT2D eigenvalue weighted by Gasteiger charge is -2.10. The quantitative estimate of drug-likeness (QED) is 0.849. The van der Waals surface area contributed by atoms with Gasteiger partial charge in [-0.2, -0.15) is 5.10 Å². The largest absolute Gasteiger partial charge is 0.330 e. The first-order valence-electron chi connectivity index (χ1n) is 4.96. The summed E-state index contributed by atoms with van der Waals surface area (Å²) in [6.07, 6.45) is 0. The molecule has 0 saturated heterocycles. The van der Waals surface area contributed by atoms with Gasteiger partial charge in [-0.15, -0.1) is 0 Å². The minimum Gasteiger partial charge on any atom is -0.330 e. The predicted octanol–water partition coefficient (Wildman–Crippen LogP) is 2.29. The number of fused-ring (bicyclic) bond motifs is 1. The molecule has 0 spiro atoms. The molecule has 80 valence electrons. The van der Waals surface area contributed by atoms with Crippen molar-refractivity contribution in [2.24, 2.45) is 12.8 Å². The molecule has 1 aromatic heterocycles. The van der Waals surface area contributed by atoms with Gasteiger partial charge in [0.25, 0.3) is 0 Å². The lowest BCUT2D eigenvalue weighted by atomic mass is 9.98. The summed E-state index contributed by atoms with van der Waals surface area (Å²) in [7, 11) is 1.89. The van der Waals surface area contributed by atoms with Crippen molar-refractivity contribution in [3.8, 4) is 0 Å². The molecule has 15 heavy (non-hydrogen) atoms. The smallest absolute Gasteiger partial charge is 0.159 e. The highest BCUT2D eigenvalue weighted by Gasteiger charge is 2.14. The summed E-state index contributed by atoms with van der Waals surface area (Å²) in [6, 6.07) is 6.09. The highest BCUT2D eigenvalue weighted by atomic mass is 35.5. The molecule has 2 rings (SSSR count). The van der Waals surface area contributed by atoms with Gasteiger partial charge in [-0.3, -0.25) is 4.68 Å². The topological polar surface area (TPSA) is 43.8 Å². The lowest BCUT2D eigenvalue weighted by Crippen LogP contribution is -2.09. The molecule has 0 bridgehead atoms. The molecule has 1 unspecified atom stereocenters. The van der Waals surface area contributed by atoms with Crippen molar-refractivity contribution in [3.05, 3.63) is 28.9 Å². The first kappa shape index (κ1) is 10.5. The second kappa shape index (κ2) is 3.83. The fourth-order valence-corrected chi connectivity index (χ4v) is 2.14. The molecular weight excluding hydrogens is 210 g/mol. The number of benzene rings is 1. The molecular formula is C11H14ClN3. The normalized spacial score (nSPS) is 13.3. The van der Waals surface area contributed by atoms with Gasteiger partial charge in [0.15, 0.2) is 5.15 Å². The number of aryl methyl sites for hydroxylation is 1. The van der Waals surface area contributed by atoms with Crippen LogP contribution in [-0.4, -0.2) is 16.3 Å². The van der Waals surface area contributed by atoms with Crippen LogP contribution in [0.15, 0.2) is 18.2 Å². The summed E-state index contributed by atoms with van der Waals surface area (Å²) >= 11 is 6.11. The molecule has 1 atom stereocenters. The van der Waals surface area contributed by atoms with Crippen LogP contribution in [0.1, 0.15) is 18.4 Å². The first-order chi connectivity index (χ1) is 7.15. The molecule has 0 saturated carbocycles. The van der Waals surface area contributed by atoms with E-state index in [4.69, 9.17) is 17.3 Å². The van der Waals surface area contributed by atoms with Gasteiger partial charge in [-0.25, -0.2) is 0 Å². The molecule has 0 aliphatic rings. The Labute approximate surface area is 93.8 Å². The zero-order chi connectivity index (χ0) is 11.0. The number of aromatic nitrogens is 2. The summed E-state index contributed by atoms with van der Waals surface area (Å²) in [6.45, 7) is 2.71. The van der Waals surface area contributed by atoms with E-state index in [1.54, 1.807) is 4.68 Å². The molecule has 0 radical (unpaired) electrons. The number of rotatable bonds is 2.